The Hall–Kier alpha value is -0.660. The molecule has 0 saturated heterocycles. The van der Waals surface area contributed by atoms with E-state index in [1.165, 1.54) is 0 Å². The van der Waals surface area contributed by atoms with Crippen LogP contribution < -0.4 is 0 Å². The summed E-state index contributed by atoms with van der Waals surface area (Å²) in [6.45, 7) is 0.174. The highest BCUT2D eigenvalue weighted by Gasteiger charge is 1.88. The normalized spacial score (nSPS) is 7.33. The van der Waals surface area contributed by atoms with E-state index in [0.717, 1.165) is 0 Å². The van der Waals surface area contributed by atoms with Crippen molar-refractivity contribution in [1.29, 1.82) is 5.39 Å². The predicted molar refractivity (Wildman–Crippen MR) is 18.5 cm³/mol. The summed E-state index contributed by atoms with van der Waals surface area (Å²) in [6.07, 6.45) is 0. The average Bonchev–Trinajstić information content (AvgIpc) is 1.61. The maximum absolute atomic E-state index is 7.63. The summed E-state index contributed by atoms with van der Waals surface area (Å²) in [5.41, 5.74) is 0. The Labute approximate surface area is 34.9 Å². The molecular weight excluding hydrogens is 84.0 g/mol. The van der Waals surface area contributed by atoms with Crippen LogP contribution in [0.3, 0.4) is 0 Å². The van der Waals surface area contributed by atoms with Gasteiger partial charge in [-0.1, -0.05) is 0 Å². The van der Waals surface area contributed by atoms with Gasteiger partial charge in [-0.25, -0.2) is 4.89 Å². The molecule has 0 amide bonds. The summed E-state index contributed by atoms with van der Waals surface area (Å²) in [7, 11) is 0. The lowest BCUT2D eigenvalue weighted by atomic mass is 10.8. The minimum atomic E-state index is 0.0521. The summed E-state index contributed by atoms with van der Waals surface area (Å²) in [5.74, 6) is 0. The standard InChI is InChI=1S/C2H4N2O2/c3-4-1-2-6-5/h1-2H2/p+1. The molecule has 0 rings (SSSR count). The van der Waals surface area contributed by atoms with E-state index in [2.05, 4.69) is 9.86 Å². The molecule has 34 valence electrons. The van der Waals surface area contributed by atoms with Crippen LogP contribution in [-0.2, 0) is 4.89 Å². The average molecular weight is 89.1 g/mol. The van der Waals surface area contributed by atoms with Crippen LogP contribution in [0.5, 0.6) is 0 Å². The van der Waals surface area contributed by atoms with Gasteiger partial charge in [0.25, 0.3) is 0 Å². The van der Waals surface area contributed by atoms with Crippen LogP contribution in [-0.4, -0.2) is 18.4 Å². The Balaban J connectivity index is 2.54. The van der Waals surface area contributed by atoms with Gasteiger partial charge in [0.15, 0.2) is 6.61 Å². The second kappa shape index (κ2) is 4.34. The van der Waals surface area contributed by atoms with E-state index >= 15 is 0 Å². The van der Waals surface area contributed by atoms with Gasteiger partial charge in [-0.3, -0.25) is 5.26 Å². The maximum Gasteiger partial charge on any atom is 0.331 e. The highest BCUT2D eigenvalue weighted by molar-refractivity contribution is 4.48. The lowest BCUT2D eigenvalue weighted by Crippen LogP contribution is -1.89. The maximum atomic E-state index is 7.63. The smallest absolute Gasteiger partial charge is 0.252 e. The first-order valence-corrected chi connectivity index (χ1v) is 1.49. The van der Waals surface area contributed by atoms with Gasteiger partial charge >= 0.3 is 6.54 Å². The van der Waals surface area contributed by atoms with Gasteiger partial charge in [-0.15, -0.1) is 0 Å². The first kappa shape index (κ1) is 5.34. The van der Waals surface area contributed by atoms with Gasteiger partial charge in [-0.05, 0) is 0 Å². The fourth-order valence-electron chi connectivity index (χ4n) is 0.0816. The van der Waals surface area contributed by atoms with Crippen molar-refractivity contribution in [2.24, 2.45) is 0 Å². The molecule has 0 heterocycles. The highest BCUT2D eigenvalue weighted by atomic mass is 17.1. The third kappa shape index (κ3) is 3.34. The molecule has 0 bridgehead atoms. The van der Waals surface area contributed by atoms with Gasteiger partial charge in [0, 0.05) is 0 Å². The van der Waals surface area contributed by atoms with Gasteiger partial charge in [-0.2, -0.15) is 0 Å². The van der Waals surface area contributed by atoms with Gasteiger partial charge < -0.3 is 0 Å². The minimum absolute atomic E-state index is 0.0521. The van der Waals surface area contributed by atoms with Crippen molar-refractivity contribution < 1.29 is 10.1 Å². The molecule has 0 atom stereocenters. The van der Waals surface area contributed by atoms with Gasteiger partial charge in [0.05, 0.1) is 0 Å². The number of nitrogens with zero attached hydrogens (tertiary/aromatic N) is 2. The number of hydrogen-bond acceptors (Lipinski definition) is 3. The van der Waals surface area contributed by atoms with Crippen molar-refractivity contribution in [1.82, 2.24) is 0 Å². The predicted octanol–water partition coefficient (Wildman–Crippen LogP) is 0.329. The molecule has 0 aliphatic carbocycles. The number of rotatable bonds is 2. The molecule has 1 N–H and O–H groups in total. The van der Waals surface area contributed by atoms with Crippen molar-refractivity contribution in [3.63, 3.8) is 0 Å². The van der Waals surface area contributed by atoms with E-state index in [1.54, 1.807) is 0 Å². The molecule has 0 aromatic rings. The molecule has 6 heavy (non-hydrogen) atoms. The fraction of sp³-hybridized carbons (Fsp3) is 1.00. The minimum Gasteiger partial charge on any atom is -0.252 e. The molecule has 0 radical (unpaired) electrons. The van der Waals surface area contributed by atoms with Crippen molar-refractivity contribution >= 4 is 0 Å². The molecule has 0 fully saturated rings. The first-order chi connectivity index (χ1) is 2.91. The lowest BCUT2D eigenvalue weighted by molar-refractivity contribution is -0.238. The zero-order chi connectivity index (χ0) is 4.83. The van der Waals surface area contributed by atoms with Gasteiger partial charge in [0.1, 0.15) is 4.98 Å². The van der Waals surface area contributed by atoms with Gasteiger partial charge in [0.2, 0.25) is 5.39 Å². The lowest BCUT2D eigenvalue weighted by Gasteiger charge is -1.73. The Kier molecular flexibility index (Phi) is 3.86. The van der Waals surface area contributed by atoms with Crippen LogP contribution in [0.1, 0.15) is 0 Å². The fourth-order valence-corrected chi connectivity index (χ4v) is 0.0816. The molecule has 0 spiro atoms. The third-order valence-corrected chi connectivity index (χ3v) is 0.283. The third-order valence-electron chi connectivity index (χ3n) is 0.283. The van der Waals surface area contributed by atoms with E-state index in [-0.39, 0.29) is 13.2 Å². The topological polar surface area (TPSA) is 57.6 Å². The zero-order valence-corrected chi connectivity index (χ0v) is 3.16. The second-order valence-electron chi connectivity index (χ2n) is 0.698. The molecule has 0 aliphatic heterocycles. The molecule has 0 aliphatic rings. The molecule has 4 heteroatoms. The SMILES string of the molecule is N#[N+]CCOO. The quantitative estimate of drug-likeness (QED) is 0.229. The summed E-state index contributed by atoms with van der Waals surface area (Å²) in [5, 5.41) is 15.2. The largest absolute Gasteiger partial charge is 0.331 e. The Morgan fingerprint density at radius 3 is 2.67 bits per heavy atom. The molecule has 4 nitrogen and oxygen atoms in total. The Morgan fingerprint density at radius 2 is 2.50 bits per heavy atom. The van der Waals surface area contributed by atoms with E-state index in [9.17, 15) is 0 Å². The summed E-state index contributed by atoms with van der Waals surface area (Å²) < 4.78 is 0. The number of hydrogen-bond donors (Lipinski definition) is 1. The van der Waals surface area contributed by atoms with E-state index in [0.29, 0.717) is 0 Å². The van der Waals surface area contributed by atoms with Crippen LogP contribution in [0, 0.1) is 5.39 Å². The second-order valence-corrected chi connectivity index (χ2v) is 0.698. The van der Waals surface area contributed by atoms with Crippen LogP contribution in [0.25, 0.3) is 4.98 Å². The summed E-state index contributed by atoms with van der Waals surface area (Å²) in [6, 6.07) is 0. The van der Waals surface area contributed by atoms with E-state index < -0.39 is 0 Å². The van der Waals surface area contributed by atoms with Crippen molar-refractivity contribution in [2.45, 2.75) is 0 Å². The van der Waals surface area contributed by atoms with Crippen LogP contribution in [0.4, 0.5) is 0 Å². The van der Waals surface area contributed by atoms with E-state index in [4.69, 9.17) is 10.7 Å². The first-order valence-electron chi connectivity index (χ1n) is 1.49. The van der Waals surface area contributed by atoms with Crippen LogP contribution >= 0.6 is 0 Å². The summed E-state index contributed by atoms with van der Waals surface area (Å²) >= 11 is 0. The highest BCUT2D eigenvalue weighted by Crippen LogP contribution is 1.65. The molecular formula is C2H5N2O2+. The van der Waals surface area contributed by atoms with Crippen molar-refractivity contribution in [3.8, 4) is 0 Å². The Bertz CT molecular complexity index is 57.1. The zero-order valence-electron chi connectivity index (χ0n) is 3.16. The summed E-state index contributed by atoms with van der Waals surface area (Å²) in [4.78, 5) is 6.17. The Morgan fingerprint density at radius 1 is 1.83 bits per heavy atom. The van der Waals surface area contributed by atoms with Crippen molar-refractivity contribution in [2.75, 3.05) is 13.2 Å². The monoisotopic (exact) mass is 89.0 g/mol. The molecule has 0 aromatic carbocycles. The van der Waals surface area contributed by atoms with Crippen LogP contribution in [0.15, 0.2) is 0 Å². The molecule has 0 aromatic heterocycles. The number of diazo groups is 1. The van der Waals surface area contributed by atoms with Crippen molar-refractivity contribution in [3.05, 3.63) is 4.98 Å². The van der Waals surface area contributed by atoms with E-state index in [1.807, 2.05) is 0 Å². The molecule has 0 saturated carbocycles. The molecule has 0 unspecified atom stereocenters. The van der Waals surface area contributed by atoms with Crippen LogP contribution in [0.2, 0.25) is 0 Å².